The summed E-state index contributed by atoms with van der Waals surface area (Å²) in [6.07, 6.45) is 0. The quantitative estimate of drug-likeness (QED) is 0.114. The number of aryl methyl sites for hydroxylation is 1. The molecule has 0 fully saturated rings. The Bertz CT molecular complexity index is 4370. The molecule has 0 spiro atoms. The van der Waals surface area contributed by atoms with E-state index in [-0.39, 0.29) is 0 Å². The lowest BCUT2D eigenvalue weighted by Crippen LogP contribution is -2.29. The molecule has 0 atom stereocenters. The molecule has 0 aliphatic heterocycles. The van der Waals surface area contributed by atoms with Crippen LogP contribution in [-0.2, 0) is 5.41 Å². The lowest BCUT2D eigenvalue weighted by atomic mass is 9.66. The maximum Gasteiger partial charge on any atom is 0.0714 e. The summed E-state index contributed by atoms with van der Waals surface area (Å²) in [5, 5.41) is 0. The monoisotopic (exact) mass is 1090 g/mol. The van der Waals surface area contributed by atoms with E-state index in [1.807, 2.05) is 0 Å². The molecule has 0 bridgehead atoms. The third kappa shape index (κ3) is 9.68. The molecule has 0 amide bonds. The van der Waals surface area contributed by atoms with Gasteiger partial charge in [-0.25, -0.2) is 0 Å². The van der Waals surface area contributed by atoms with Crippen LogP contribution in [0.3, 0.4) is 0 Å². The molecule has 0 saturated heterocycles. The van der Waals surface area contributed by atoms with Gasteiger partial charge >= 0.3 is 0 Å². The average molecular weight is 1090 g/mol. The zero-order chi connectivity index (χ0) is 57.4. The van der Waals surface area contributed by atoms with Crippen LogP contribution >= 0.6 is 0 Å². The zero-order valence-electron chi connectivity index (χ0n) is 47.9. The molecular weight excluding hydrogens is 1030 g/mol. The third-order valence-corrected chi connectivity index (χ3v) is 17.5. The van der Waals surface area contributed by atoms with Crippen LogP contribution in [0, 0.1) is 6.92 Å². The van der Waals surface area contributed by atoms with Crippen LogP contribution in [0.25, 0.3) is 122 Å². The first-order valence-electron chi connectivity index (χ1n) is 29.9. The van der Waals surface area contributed by atoms with Crippen LogP contribution in [0.5, 0.6) is 0 Å². The normalized spacial score (nSPS) is 12.1. The molecule has 86 heavy (non-hydrogen) atoms. The molecule has 0 heteroatoms. The predicted molar refractivity (Wildman–Crippen MR) is 363 cm³/mol. The van der Waals surface area contributed by atoms with Crippen LogP contribution in [0.1, 0.15) is 27.8 Å². The van der Waals surface area contributed by atoms with Crippen molar-refractivity contribution < 1.29 is 0 Å². The van der Waals surface area contributed by atoms with E-state index in [1.54, 1.807) is 0 Å². The summed E-state index contributed by atoms with van der Waals surface area (Å²) in [7, 11) is 0. The molecule has 0 nitrogen and oxygen atoms in total. The number of fused-ring (bicyclic) bond motifs is 3. The van der Waals surface area contributed by atoms with Crippen molar-refractivity contribution in [1.29, 1.82) is 0 Å². The minimum atomic E-state index is -0.858. The molecule has 1 aliphatic carbocycles. The highest BCUT2D eigenvalue weighted by molar-refractivity contribution is 5.98. The molecule has 0 heterocycles. The van der Waals surface area contributed by atoms with Crippen molar-refractivity contribution in [2.75, 3.05) is 0 Å². The molecular formula is C86H60. The van der Waals surface area contributed by atoms with Gasteiger partial charge in [-0.1, -0.05) is 285 Å². The van der Waals surface area contributed by atoms with E-state index in [0.29, 0.717) is 0 Å². The molecule has 0 aromatic heterocycles. The molecule has 1 aliphatic rings. The van der Waals surface area contributed by atoms with E-state index >= 15 is 0 Å². The lowest BCUT2D eigenvalue weighted by Gasteiger charge is -2.36. The summed E-state index contributed by atoms with van der Waals surface area (Å²) >= 11 is 0. The Labute approximate surface area is 505 Å². The van der Waals surface area contributed by atoms with Crippen molar-refractivity contribution in [3.63, 3.8) is 0 Å². The van der Waals surface area contributed by atoms with Crippen LogP contribution in [0.2, 0.25) is 0 Å². The van der Waals surface area contributed by atoms with Gasteiger partial charge in [0.15, 0.2) is 0 Å². The molecule has 404 valence electrons. The first kappa shape index (κ1) is 51.9. The van der Waals surface area contributed by atoms with Gasteiger partial charge in [-0.2, -0.15) is 0 Å². The standard InChI is InChI=1S/C86H60/c1-59-45-46-83-82(47-59)85-81(74-42-21-37-69(52-74)64-31-15-6-16-32-64)43-22-44-84(85)86(83,79-55-75(70-38-17-33-65(48-70)60-23-7-2-8-24-60)53-76(56-79)71-39-18-34-66(49-71)61-25-9-3-10-26-61)80-57-77(72-40-19-35-67(50-72)62-27-11-4-12-28-62)54-78(58-80)73-41-20-36-68(51-73)63-29-13-5-14-30-63/h2-58H,1H3. The summed E-state index contributed by atoms with van der Waals surface area (Å²) in [5.74, 6) is 0. The summed E-state index contributed by atoms with van der Waals surface area (Å²) in [6, 6.07) is 129. The van der Waals surface area contributed by atoms with E-state index in [2.05, 4.69) is 353 Å². The molecule has 15 rings (SSSR count). The van der Waals surface area contributed by atoms with Crippen LogP contribution < -0.4 is 0 Å². The third-order valence-electron chi connectivity index (χ3n) is 17.5. The second-order valence-corrected chi connectivity index (χ2v) is 22.9. The first-order chi connectivity index (χ1) is 42.5. The number of hydrogen-bond donors (Lipinski definition) is 0. The number of hydrogen-bond acceptors (Lipinski definition) is 0. The maximum absolute atomic E-state index is 2.52. The van der Waals surface area contributed by atoms with Crippen molar-refractivity contribution in [2.45, 2.75) is 12.3 Å². The molecule has 0 radical (unpaired) electrons. The van der Waals surface area contributed by atoms with E-state index in [4.69, 9.17) is 0 Å². The summed E-state index contributed by atoms with van der Waals surface area (Å²) in [4.78, 5) is 0. The van der Waals surface area contributed by atoms with E-state index in [9.17, 15) is 0 Å². The average Bonchev–Trinajstić information content (AvgIpc) is 1.67. The second kappa shape index (κ2) is 22.3. The van der Waals surface area contributed by atoms with Gasteiger partial charge in [0, 0.05) is 0 Å². The van der Waals surface area contributed by atoms with Crippen molar-refractivity contribution >= 4 is 0 Å². The Morgan fingerprint density at radius 3 is 0.779 bits per heavy atom. The largest absolute Gasteiger partial charge is 0.0714 e. The Morgan fingerprint density at radius 2 is 0.442 bits per heavy atom. The van der Waals surface area contributed by atoms with Crippen LogP contribution in [0.4, 0.5) is 0 Å². The Morgan fingerprint density at radius 1 is 0.174 bits per heavy atom. The van der Waals surface area contributed by atoms with Gasteiger partial charge in [0.2, 0.25) is 0 Å². The summed E-state index contributed by atoms with van der Waals surface area (Å²) in [5.41, 5.74) is 31.2. The minimum absolute atomic E-state index is 0.858. The number of benzene rings is 14. The van der Waals surface area contributed by atoms with Gasteiger partial charge in [-0.3, -0.25) is 0 Å². The first-order valence-corrected chi connectivity index (χ1v) is 29.9. The Balaban J connectivity index is 1.07. The lowest BCUT2D eigenvalue weighted by molar-refractivity contribution is 0.769. The highest BCUT2D eigenvalue weighted by Gasteiger charge is 2.48. The molecule has 14 aromatic carbocycles. The molecule has 0 saturated carbocycles. The summed E-state index contributed by atoms with van der Waals surface area (Å²) < 4.78 is 0. The summed E-state index contributed by atoms with van der Waals surface area (Å²) in [6.45, 7) is 2.24. The number of rotatable bonds is 12. The van der Waals surface area contributed by atoms with Crippen molar-refractivity contribution in [2.24, 2.45) is 0 Å². The maximum atomic E-state index is 2.52. The fourth-order valence-corrected chi connectivity index (χ4v) is 13.4. The minimum Gasteiger partial charge on any atom is -0.0622 e. The fraction of sp³-hybridized carbons (Fsp3) is 0.0233. The van der Waals surface area contributed by atoms with Gasteiger partial charge < -0.3 is 0 Å². The SMILES string of the molecule is Cc1ccc2c(c1)-c1c(-c3cccc(-c4ccccc4)c3)cccc1C2(c1cc(-c2cccc(-c3ccccc3)c2)cc(-c2cccc(-c3ccccc3)c2)c1)c1cc(-c2cccc(-c3ccccc3)c2)cc(-c2cccc(-c3ccccc3)c2)c1. The van der Waals surface area contributed by atoms with Crippen LogP contribution in [0.15, 0.2) is 346 Å². The van der Waals surface area contributed by atoms with E-state index in [0.717, 1.165) is 44.5 Å². The fourth-order valence-electron chi connectivity index (χ4n) is 13.4. The Kier molecular flexibility index (Phi) is 13.5. The van der Waals surface area contributed by atoms with Gasteiger partial charge in [0.25, 0.3) is 0 Å². The zero-order valence-corrected chi connectivity index (χ0v) is 47.9. The van der Waals surface area contributed by atoms with Crippen LogP contribution in [-0.4, -0.2) is 0 Å². The van der Waals surface area contributed by atoms with E-state index < -0.39 is 5.41 Å². The smallest absolute Gasteiger partial charge is 0.0622 e. The van der Waals surface area contributed by atoms with Crippen molar-refractivity contribution in [1.82, 2.24) is 0 Å². The van der Waals surface area contributed by atoms with Crippen molar-refractivity contribution in [3.05, 3.63) is 374 Å². The molecule has 0 N–H and O–H groups in total. The highest BCUT2D eigenvalue weighted by atomic mass is 14.5. The molecule has 0 unspecified atom stereocenters. The van der Waals surface area contributed by atoms with E-state index in [1.165, 1.54) is 106 Å². The highest BCUT2D eigenvalue weighted by Crippen LogP contribution is 2.60. The predicted octanol–water partition coefficient (Wildman–Crippen LogP) is 23.0. The molecule has 14 aromatic rings. The Hall–Kier alpha value is -10.9. The van der Waals surface area contributed by atoms with Gasteiger partial charge in [0.1, 0.15) is 0 Å². The second-order valence-electron chi connectivity index (χ2n) is 22.9. The van der Waals surface area contributed by atoms with Gasteiger partial charge in [-0.15, -0.1) is 0 Å². The van der Waals surface area contributed by atoms with Crippen molar-refractivity contribution in [3.8, 4) is 122 Å². The van der Waals surface area contributed by atoms with Gasteiger partial charge in [-0.05, 0) is 218 Å². The topological polar surface area (TPSA) is 0 Å². The van der Waals surface area contributed by atoms with Gasteiger partial charge in [0.05, 0.1) is 5.41 Å².